The van der Waals surface area contributed by atoms with Crippen LogP contribution >= 0.6 is 9.47 Å². The topological polar surface area (TPSA) is 52.6 Å². The second kappa shape index (κ2) is 6.80. The Hall–Kier alpha value is -0.890. The van der Waals surface area contributed by atoms with E-state index in [1.54, 1.807) is 9.47 Å². The minimum absolute atomic E-state index is 0.360. The van der Waals surface area contributed by atoms with E-state index in [0.717, 1.165) is 18.6 Å². The van der Waals surface area contributed by atoms with Crippen LogP contribution in [0.4, 0.5) is 0 Å². The van der Waals surface area contributed by atoms with Gasteiger partial charge in [0.15, 0.2) is 0 Å². The largest absolute Gasteiger partial charge is 0.463 e. The summed E-state index contributed by atoms with van der Waals surface area (Å²) in [5.41, 5.74) is 0. The molecule has 0 heterocycles. The molecular formula is C7H11O4P. The Balaban J connectivity index is 3.67. The predicted octanol–water partition coefficient (Wildman–Crippen LogP) is 0.829. The Morgan fingerprint density at radius 1 is 1.33 bits per heavy atom. The maximum absolute atomic E-state index is 10.7. The van der Waals surface area contributed by atoms with E-state index < -0.39 is 11.9 Å². The van der Waals surface area contributed by atoms with Crippen LogP contribution < -0.4 is 0 Å². The first-order valence-corrected chi connectivity index (χ1v) is 3.93. The lowest BCUT2D eigenvalue weighted by Crippen LogP contribution is -2.02. The van der Waals surface area contributed by atoms with Gasteiger partial charge in [0.25, 0.3) is 0 Å². The molecule has 0 aromatic heterocycles. The number of carbonyl (C=O) groups excluding carboxylic acids is 2. The third-order valence-corrected chi connectivity index (χ3v) is 1.15. The summed E-state index contributed by atoms with van der Waals surface area (Å²) in [5.74, 6) is -1.14. The first-order chi connectivity index (χ1) is 5.70. The molecule has 0 bridgehead atoms. The average Bonchev–Trinajstić information content (AvgIpc) is 2.10. The standard InChI is InChI=1S/C7H11O4P/c1-2-5-10-6(8)3-4-7(9)11-12/h3-4H,2,5,12H2,1H3/b4-3+. The van der Waals surface area contributed by atoms with Crippen LogP contribution in [-0.2, 0) is 18.8 Å². The van der Waals surface area contributed by atoms with Crippen molar-refractivity contribution in [2.24, 2.45) is 0 Å². The third-order valence-electron chi connectivity index (χ3n) is 0.920. The highest BCUT2D eigenvalue weighted by Gasteiger charge is 1.97. The second-order valence-electron chi connectivity index (χ2n) is 1.94. The zero-order valence-electron chi connectivity index (χ0n) is 6.78. The number of hydrogen-bond donors (Lipinski definition) is 0. The fraction of sp³-hybridized carbons (Fsp3) is 0.429. The summed E-state index contributed by atoms with van der Waals surface area (Å²) in [4.78, 5) is 21.2. The molecule has 0 amide bonds. The average molecular weight is 190 g/mol. The van der Waals surface area contributed by atoms with Crippen LogP contribution in [0.15, 0.2) is 12.2 Å². The summed E-state index contributed by atoms with van der Waals surface area (Å²) in [6.45, 7) is 2.24. The molecule has 0 N–H and O–H groups in total. The van der Waals surface area contributed by atoms with Crippen molar-refractivity contribution in [3.63, 3.8) is 0 Å². The molecule has 0 rings (SSSR count). The van der Waals surface area contributed by atoms with Gasteiger partial charge in [0.05, 0.1) is 16.1 Å². The van der Waals surface area contributed by atoms with Crippen LogP contribution in [0.1, 0.15) is 13.3 Å². The van der Waals surface area contributed by atoms with Crippen LogP contribution in [0.5, 0.6) is 0 Å². The highest BCUT2D eigenvalue weighted by molar-refractivity contribution is 7.10. The summed E-state index contributed by atoms with van der Waals surface area (Å²) in [7, 11) is 1.78. The molecule has 0 aromatic carbocycles. The molecule has 0 radical (unpaired) electrons. The molecule has 0 aliphatic carbocycles. The van der Waals surface area contributed by atoms with Gasteiger partial charge in [-0.3, -0.25) is 0 Å². The van der Waals surface area contributed by atoms with Crippen LogP contribution in [-0.4, -0.2) is 18.5 Å². The molecule has 68 valence electrons. The van der Waals surface area contributed by atoms with Gasteiger partial charge in [0.1, 0.15) is 0 Å². The van der Waals surface area contributed by atoms with Crippen molar-refractivity contribution in [3.05, 3.63) is 12.2 Å². The lowest BCUT2D eigenvalue weighted by molar-refractivity contribution is -0.138. The van der Waals surface area contributed by atoms with Gasteiger partial charge in [0.2, 0.25) is 0 Å². The van der Waals surface area contributed by atoms with Gasteiger partial charge in [-0.15, -0.1) is 0 Å². The quantitative estimate of drug-likeness (QED) is 0.374. The summed E-state index contributed by atoms with van der Waals surface area (Å²) >= 11 is 0. The third kappa shape index (κ3) is 5.86. The zero-order valence-corrected chi connectivity index (χ0v) is 7.93. The molecule has 0 aliphatic heterocycles. The number of ether oxygens (including phenoxy) is 1. The highest BCUT2D eigenvalue weighted by atomic mass is 31.0. The molecule has 5 heteroatoms. The molecule has 0 saturated carbocycles. The lowest BCUT2D eigenvalue weighted by atomic mass is 10.5. The minimum Gasteiger partial charge on any atom is -0.463 e. The highest BCUT2D eigenvalue weighted by Crippen LogP contribution is 1.90. The minimum atomic E-state index is -0.603. The molecule has 0 fully saturated rings. The van der Waals surface area contributed by atoms with Crippen molar-refractivity contribution < 1.29 is 18.8 Å². The van der Waals surface area contributed by atoms with Crippen LogP contribution in [0, 0.1) is 0 Å². The second-order valence-corrected chi connectivity index (χ2v) is 2.17. The fourth-order valence-corrected chi connectivity index (χ4v) is 0.505. The van der Waals surface area contributed by atoms with Crippen molar-refractivity contribution in [3.8, 4) is 0 Å². The SMILES string of the molecule is CCCOC(=O)/C=C/C(=O)OP. The van der Waals surface area contributed by atoms with E-state index in [1.807, 2.05) is 6.92 Å². The van der Waals surface area contributed by atoms with E-state index in [0.29, 0.717) is 6.61 Å². The summed E-state index contributed by atoms with van der Waals surface area (Å²) < 4.78 is 8.83. The number of rotatable bonds is 4. The Bertz CT molecular complexity index is 188. The van der Waals surface area contributed by atoms with E-state index in [9.17, 15) is 9.59 Å². The fourth-order valence-electron chi connectivity index (χ4n) is 0.426. The summed E-state index contributed by atoms with van der Waals surface area (Å²) in [6.07, 6.45) is 2.79. The molecule has 0 aromatic rings. The first kappa shape index (κ1) is 11.1. The van der Waals surface area contributed by atoms with E-state index in [1.165, 1.54) is 0 Å². The Labute approximate surface area is 73.2 Å². The van der Waals surface area contributed by atoms with Crippen molar-refractivity contribution in [1.82, 2.24) is 0 Å². The number of carbonyl (C=O) groups is 2. The van der Waals surface area contributed by atoms with Gasteiger partial charge in [-0.25, -0.2) is 9.59 Å². The van der Waals surface area contributed by atoms with Gasteiger partial charge < -0.3 is 9.26 Å². The van der Waals surface area contributed by atoms with Crippen LogP contribution in [0.25, 0.3) is 0 Å². The Morgan fingerprint density at radius 3 is 2.42 bits per heavy atom. The molecule has 4 nitrogen and oxygen atoms in total. The number of hydrogen-bond acceptors (Lipinski definition) is 4. The molecule has 1 unspecified atom stereocenters. The van der Waals surface area contributed by atoms with Crippen molar-refractivity contribution in [2.45, 2.75) is 13.3 Å². The van der Waals surface area contributed by atoms with Gasteiger partial charge in [-0.05, 0) is 6.42 Å². The van der Waals surface area contributed by atoms with Crippen LogP contribution in [0.3, 0.4) is 0 Å². The Morgan fingerprint density at radius 2 is 1.92 bits per heavy atom. The van der Waals surface area contributed by atoms with Crippen molar-refractivity contribution in [2.75, 3.05) is 6.61 Å². The summed E-state index contributed by atoms with van der Waals surface area (Å²) in [5, 5.41) is 0. The van der Waals surface area contributed by atoms with Gasteiger partial charge in [-0.2, -0.15) is 0 Å². The van der Waals surface area contributed by atoms with Crippen LogP contribution in [0.2, 0.25) is 0 Å². The van der Waals surface area contributed by atoms with E-state index >= 15 is 0 Å². The normalized spacial score (nSPS) is 9.83. The Kier molecular flexibility index (Phi) is 6.29. The maximum Gasteiger partial charge on any atom is 0.333 e. The molecule has 1 atom stereocenters. The lowest BCUT2D eigenvalue weighted by Gasteiger charge is -1.96. The van der Waals surface area contributed by atoms with E-state index in [4.69, 9.17) is 0 Å². The molecule has 0 aliphatic rings. The van der Waals surface area contributed by atoms with Gasteiger partial charge >= 0.3 is 11.9 Å². The maximum atomic E-state index is 10.7. The van der Waals surface area contributed by atoms with Gasteiger partial charge in [-0.1, -0.05) is 6.92 Å². The van der Waals surface area contributed by atoms with Crippen molar-refractivity contribution in [1.29, 1.82) is 0 Å². The van der Waals surface area contributed by atoms with E-state index in [-0.39, 0.29) is 0 Å². The predicted molar refractivity (Wildman–Crippen MR) is 46.2 cm³/mol. The first-order valence-electron chi connectivity index (χ1n) is 3.46. The molecular weight excluding hydrogens is 179 g/mol. The molecule has 0 saturated heterocycles. The number of esters is 1. The monoisotopic (exact) mass is 190 g/mol. The zero-order chi connectivity index (χ0) is 9.40. The summed E-state index contributed by atoms with van der Waals surface area (Å²) in [6, 6.07) is 0. The molecule has 12 heavy (non-hydrogen) atoms. The smallest absolute Gasteiger partial charge is 0.333 e. The van der Waals surface area contributed by atoms with Crippen molar-refractivity contribution >= 4 is 21.4 Å². The van der Waals surface area contributed by atoms with Gasteiger partial charge in [0, 0.05) is 12.2 Å². The van der Waals surface area contributed by atoms with E-state index in [2.05, 4.69) is 9.26 Å². The molecule has 0 spiro atoms.